The summed E-state index contributed by atoms with van der Waals surface area (Å²) < 4.78 is 5.65. The molecule has 1 atom stereocenters. The molecule has 1 aliphatic rings. The molecule has 3 rings (SSSR count). The first-order chi connectivity index (χ1) is 14.1. The Morgan fingerprint density at radius 3 is 2.83 bits per heavy atom. The van der Waals surface area contributed by atoms with E-state index in [0.29, 0.717) is 12.2 Å². The summed E-state index contributed by atoms with van der Waals surface area (Å²) in [5, 5.41) is 16.1. The number of rotatable bonds is 7. The zero-order chi connectivity index (χ0) is 22.1. The molecule has 5 N–H and O–H groups in total. The number of aromatic nitrogens is 1. The first-order valence-electron chi connectivity index (χ1n) is 9.32. The maximum absolute atomic E-state index is 13.1. The summed E-state index contributed by atoms with van der Waals surface area (Å²) in [6.45, 7) is 4.77. The van der Waals surface area contributed by atoms with Crippen LogP contribution in [0.4, 0.5) is 5.13 Å². The fourth-order valence-electron chi connectivity index (χ4n) is 2.99. The maximum Gasteiger partial charge on any atom is 0.526 e. The maximum atomic E-state index is 13.1. The molecule has 2 heterocycles. The number of amides is 1. The van der Waals surface area contributed by atoms with Gasteiger partial charge in [0.1, 0.15) is 11.4 Å². The lowest BCUT2D eigenvalue weighted by Crippen LogP contribution is -2.40. The average Bonchev–Trinajstić information content (AvgIpc) is 3.09. The lowest BCUT2D eigenvalue weighted by atomic mass is 9.64. The molecule has 158 valence electrons. The van der Waals surface area contributed by atoms with E-state index in [1.165, 1.54) is 13.8 Å². The molecule has 0 fully saturated rings. The Morgan fingerprint density at radius 2 is 2.20 bits per heavy atom. The van der Waals surface area contributed by atoms with Crippen LogP contribution in [0.1, 0.15) is 37.1 Å². The van der Waals surface area contributed by atoms with Crippen LogP contribution in [0.15, 0.2) is 28.7 Å². The average molecular weight is 430 g/mol. The van der Waals surface area contributed by atoms with Crippen LogP contribution in [0.2, 0.25) is 5.82 Å². The second-order valence-corrected chi connectivity index (χ2v) is 8.53. The molecule has 9 nitrogen and oxygen atoms in total. The van der Waals surface area contributed by atoms with Crippen molar-refractivity contribution in [2.45, 2.75) is 45.0 Å². The van der Waals surface area contributed by atoms with Crippen LogP contribution in [-0.4, -0.2) is 40.1 Å². The number of benzene rings is 1. The van der Waals surface area contributed by atoms with Gasteiger partial charge < -0.3 is 26.0 Å². The van der Waals surface area contributed by atoms with E-state index >= 15 is 0 Å². The normalized spacial score (nSPS) is 16.6. The molecule has 1 aromatic heterocycles. The predicted molar refractivity (Wildman–Crippen MR) is 114 cm³/mol. The fourth-order valence-corrected chi connectivity index (χ4v) is 3.54. The molecular weight excluding hydrogens is 407 g/mol. The van der Waals surface area contributed by atoms with Gasteiger partial charge in [-0.2, -0.15) is 0 Å². The number of fused-ring (bicyclic) bond motifs is 1. The smallest absolute Gasteiger partial charge is 0.526 e. The highest BCUT2D eigenvalue weighted by molar-refractivity contribution is 7.13. The number of carbonyl (C=O) groups is 2. The number of nitrogens with zero attached hydrogens (tertiary/aromatic N) is 2. The summed E-state index contributed by atoms with van der Waals surface area (Å²) in [6, 6.07) is 5.70. The third-order valence-electron chi connectivity index (χ3n) is 4.85. The Labute approximate surface area is 178 Å². The number of thiazole rings is 1. The van der Waals surface area contributed by atoms with Gasteiger partial charge in [0.2, 0.25) is 5.60 Å². The van der Waals surface area contributed by atoms with Crippen molar-refractivity contribution >= 4 is 41.0 Å². The summed E-state index contributed by atoms with van der Waals surface area (Å²) >= 11 is 1.14. The van der Waals surface area contributed by atoms with Crippen molar-refractivity contribution in [2.75, 3.05) is 5.73 Å². The quantitative estimate of drug-likeness (QED) is 0.342. The van der Waals surface area contributed by atoms with Gasteiger partial charge in [0.05, 0.1) is 0 Å². The highest BCUT2D eigenvalue weighted by Crippen LogP contribution is 2.36. The number of hydrogen-bond acceptors (Lipinski definition) is 9. The minimum absolute atomic E-state index is 0.0643. The Kier molecular flexibility index (Phi) is 6.13. The summed E-state index contributed by atoms with van der Waals surface area (Å²) in [4.78, 5) is 33.9. The Bertz CT molecular complexity index is 1010. The Hall–Kier alpha value is -2.92. The number of para-hydroxylation sites is 1. The third-order valence-corrected chi connectivity index (χ3v) is 5.53. The molecule has 0 saturated carbocycles. The molecule has 1 aliphatic heterocycles. The molecule has 0 saturated heterocycles. The van der Waals surface area contributed by atoms with Crippen LogP contribution in [0, 0.1) is 6.92 Å². The lowest BCUT2D eigenvalue weighted by molar-refractivity contribution is -0.139. The second kappa shape index (κ2) is 8.45. The molecule has 2 aromatic rings. The molecule has 11 heteroatoms. The van der Waals surface area contributed by atoms with E-state index in [0.717, 1.165) is 22.5 Å². The highest BCUT2D eigenvalue weighted by Gasteiger charge is 2.38. The first kappa shape index (κ1) is 21.8. The van der Waals surface area contributed by atoms with Crippen molar-refractivity contribution in [1.29, 1.82) is 0 Å². The highest BCUT2D eigenvalue weighted by atomic mass is 32.1. The second-order valence-electron chi connectivity index (χ2n) is 7.64. The number of nitrogen functional groups attached to an aromatic ring is 1. The predicted octanol–water partition coefficient (Wildman–Crippen LogP) is 1.46. The van der Waals surface area contributed by atoms with Crippen molar-refractivity contribution in [2.24, 2.45) is 10.9 Å². The number of anilines is 1. The molecular formula is C19H23BN4O5S. The van der Waals surface area contributed by atoms with Gasteiger partial charge in [0.25, 0.3) is 5.91 Å². The minimum Gasteiger partial charge on any atom is -0.536 e. The zero-order valence-corrected chi connectivity index (χ0v) is 17.7. The zero-order valence-electron chi connectivity index (χ0n) is 16.9. The van der Waals surface area contributed by atoms with Crippen molar-refractivity contribution < 1.29 is 24.1 Å². The van der Waals surface area contributed by atoms with Gasteiger partial charge in [-0.05, 0) is 38.3 Å². The van der Waals surface area contributed by atoms with Crippen molar-refractivity contribution in [3.05, 3.63) is 40.4 Å². The number of nitrogens with two attached hydrogens (primary N) is 2. The molecule has 30 heavy (non-hydrogen) atoms. The Balaban J connectivity index is 1.84. The van der Waals surface area contributed by atoms with E-state index in [4.69, 9.17) is 21.0 Å². The summed E-state index contributed by atoms with van der Waals surface area (Å²) in [6.07, 6.45) is 0.398. The minimum atomic E-state index is -1.42. The molecule has 0 radical (unpaired) electrons. The number of primary amides is 1. The van der Waals surface area contributed by atoms with Gasteiger partial charge in [-0.3, -0.25) is 9.59 Å². The van der Waals surface area contributed by atoms with E-state index in [-0.39, 0.29) is 23.0 Å². The molecule has 0 unspecified atom stereocenters. The van der Waals surface area contributed by atoms with Gasteiger partial charge in [0, 0.05) is 17.6 Å². The van der Waals surface area contributed by atoms with Crippen LogP contribution in [0.25, 0.3) is 0 Å². The standard InChI is InChI=1S/C19H23BN4O5S/c1-10-5-4-6-11-7-12(20(27)28-16(10)11)8-14(25)15(13-9-30-18(22)23-13)24-29-19(2,3)17(21)26/h4-6,9,12,27H,7-8H2,1-3H3,(H2,21,26)(H2,22,23)/b24-15-/t12-/m1/s1. The Morgan fingerprint density at radius 1 is 1.47 bits per heavy atom. The van der Waals surface area contributed by atoms with Crippen LogP contribution in [0.3, 0.4) is 0 Å². The van der Waals surface area contributed by atoms with Gasteiger partial charge >= 0.3 is 7.12 Å². The van der Waals surface area contributed by atoms with Crippen LogP contribution in [-0.2, 0) is 20.8 Å². The monoisotopic (exact) mass is 430 g/mol. The molecule has 1 amide bonds. The molecule has 0 spiro atoms. The van der Waals surface area contributed by atoms with Gasteiger partial charge in [-0.15, -0.1) is 11.3 Å². The van der Waals surface area contributed by atoms with E-state index in [2.05, 4.69) is 10.1 Å². The van der Waals surface area contributed by atoms with Crippen LogP contribution >= 0.6 is 11.3 Å². The largest absolute Gasteiger partial charge is 0.536 e. The summed E-state index contributed by atoms with van der Waals surface area (Å²) in [7, 11) is -1.15. The van der Waals surface area contributed by atoms with E-state index in [1.807, 2.05) is 25.1 Å². The third kappa shape index (κ3) is 4.63. The SMILES string of the molecule is Cc1cccc2c1OB(O)[C@@H](CC(=O)/C(=N\OC(C)(C)C(N)=O)c1csc(N)n1)C2. The van der Waals surface area contributed by atoms with Crippen molar-refractivity contribution in [3.63, 3.8) is 0 Å². The summed E-state index contributed by atoms with van der Waals surface area (Å²) in [5.41, 5.74) is 11.5. The van der Waals surface area contributed by atoms with E-state index in [9.17, 15) is 14.6 Å². The summed E-state index contributed by atoms with van der Waals surface area (Å²) in [5.74, 6) is -1.01. The number of ketones is 1. The van der Waals surface area contributed by atoms with Crippen molar-refractivity contribution in [1.82, 2.24) is 4.98 Å². The topological polar surface area (TPSA) is 150 Å². The first-order valence-corrected chi connectivity index (χ1v) is 10.2. The van der Waals surface area contributed by atoms with E-state index in [1.54, 1.807) is 5.38 Å². The van der Waals surface area contributed by atoms with Crippen LogP contribution in [0.5, 0.6) is 5.75 Å². The number of hydrogen-bond donors (Lipinski definition) is 3. The molecule has 0 aliphatic carbocycles. The number of Topliss-reactive ketones (excluding diaryl/α,β-unsaturated/α-hetero) is 1. The number of oxime groups is 1. The van der Waals surface area contributed by atoms with Gasteiger partial charge in [0.15, 0.2) is 16.6 Å². The number of carbonyl (C=O) groups excluding carboxylic acids is 2. The molecule has 0 bridgehead atoms. The van der Waals surface area contributed by atoms with Gasteiger partial charge in [-0.25, -0.2) is 4.98 Å². The molecule has 1 aromatic carbocycles. The van der Waals surface area contributed by atoms with Crippen molar-refractivity contribution in [3.8, 4) is 5.75 Å². The lowest BCUT2D eigenvalue weighted by Gasteiger charge is -2.28. The number of aryl methyl sites for hydroxylation is 1. The van der Waals surface area contributed by atoms with E-state index < -0.39 is 30.2 Å². The van der Waals surface area contributed by atoms with Gasteiger partial charge in [-0.1, -0.05) is 23.4 Å². The van der Waals surface area contributed by atoms with Crippen LogP contribution < -0.4 is 16.1 Å². The fraction of sp³-hybridized carbons (Fsp3) is 0.368.